The largest absolute Gasteiger partial charge is 0.343 e. The lowest BCUT2D eigenvalue weighted by molar-refractivity contribution is -0.115. The molecule has 6 heteroatoms. The highest BCUT2D eigenvalue weighted by Crippen LogP contribution is 2.22. The zero-order valence-corrected chi connectivity index (χ0v) is 16.1. The minimum Gasteiger partial charge on any atom is -0.343 e. The van der Waals surface area contributed by atoms with E-state index in [1.807, 2.05) is 45.0 Å². The van der Waals surface area contributed by atoms with Crippen molar-refractivity contribution in [3.05, 3.63) is 69.9 Å². The second-order valence-corrected chi connectivity index (χ2v) is 6.90. The number of amides is 2. The van der Waals surface area contributed by atoms with E-state index in [9.17, 15) is 9.59 Å². The zero-order valence-electron chi connectivity index (χ0n) is 15.4. The van der Waals surface area contributed by atoms with E-state index < -0.39 is 0 Å². The van der Waals surface area contributed by atoms with E-state index >= 15 is 0 Å². The average molecular weight is 382 g/mol. The first kappa shape index (κ1) is 18.9. The number of anilines is 1. The summed E-state index contributed by atoms with van der Waals surface area (Å²) < 4.78 is 0. The Balaban J connectivity index is 1.72. The van der Waals surface area contributed by atoms with E-state index in [0.29, 0.717) is 16.5 Å². The van der Waals surface area contributed by atoms with Crippen molar-refractivity contribution in [1.29, 1.82) is 0 Å². The molecular formula is C21H20ClN3O2. The van der Waals surface area contributed by atoms with Gasteiger partial charge >= 0.3 is 0 Å². The van der Waals surface area contributed by atoms with Crippen molar-refractivity contribution >= 4 is 40.0 Å². The fourth-order valence-corrected chi connectivity index (χ4v) is 3.35. The maximum Gasteiger partial charge on any atom is 0.252 e. The van der Waals surface area contributed by atoms with Gasteiger partial charge in [0.2, 0.25) is 5.91 Å². The lowest BCUT2D eigenvalue weighted by Gasteiger charge is -2.13. The molecule has 1 aromatic heterocycles. The molecule has 0 fully saturated rings. The van der Waals surface area contributed by atoms with E-state index in [1.165, 1.54) is 6.07 Å². The van der Waals surface area contributed by atoms with Crippen LogP contribution < -0.4 is 10.6 Å². The Labute approximate surface area is 162 Å². The van der Waals surface area contributed by atoms with E-state index in [1.54, 1.807) is 12.1 Å². The normalized spacial score (nSPS) is 10.7. The molecule has 5 nitrogen and oxygen atoms in total. The predicted octanol–water partition coefficient (Wildman–Crippen LogP) is 4.18. The lowest BCUT2D eigenvalue weighted by atomic mass is 10.1. The highest BCUT2D eigenvalue weighted by Gasteiger charge is 2.14. The van der Waals surface area contributed by atoms with Crippen molar-refractivity contribution in [1.82, 2.24) is 10.3 Å². The second-order valence-electron chi connectivity index (χ2n) is 6.51. The van der Waals surface area contributed by atoms with Crippen molar-refractivity contribution in [3.63, 3.8) is 0 Å². The highest BCUT2D eigenvalue weighted by molar-refractivity contribution is 6.30. The van der Waals surface area contributed by atoms with Crippen LogP contribution in [0.3, 0.4) is 0 Å². The molecule has 0 aliphatic heterocycles. The van der Waals surface area contributed by atoms with Crippen LogP contribution in [-0.2, 0) is 4.79 Å². The summed E-state index contributed by atoms with van der Waals surface area (Å²) in [5, 5.41) is 6.44. The smallest absolute Gasteiger partial charge is 0.252 e. The number of halogens is 1. The minimum absolute atomic E-state index is 0.139. The number of hydrogen-bond donors (Lipinski definition) is 2. The number of nitrogens with zero attached hydrogens (tertiary/aromatic N) is 1. The first-order valence-electron chi connectivity index (χ1n) is 8.56. The summed E-state index contributed by atoms with van der Waals surface area (Å²) in [5.74, 6) is -0.661. The molecule has 138 valence electrons. The minimum atomic E-state index is -0.372. The molecule has 27 heavy (non-hydrogen) atoms. The van der Waals surface area contributed by atoms with Gasteiger partial charge < -0.3 is 10.6 Å². The SMILES string of the molecule is Cc1cc(C)c(NC(=O)CNC(=O)c2cc(Cl)nc3ccccc23)c(C)c1. The van der Waals surface area contributed by atoms with Gasteiger partial charge in [0.1, 0.15) is 5.15 Å². The van der Waals surface area contributed by atoms with Gasteiger partial charge in [-0.15, -0.1) is 0 Å². The molecular weight excluding hydrogens is 362 g/mol. The topological polar surface area (TPSA) is 71.1 Å². The molecule has 0 aliphatic carbocycles. The van der Waals surface area contributed by atoms with Crippen LogP contribution in [0.1, 0.15) is 27.0 Å². The van der Waals surface area contributed by atoms with Crippen molar-refractivity contribution in [2.24, 2.45) is 0 Å². The summed E-state index contributed by atoms with van der Waals surface area (Å²) in [4.78, 5) is 29.1. The highest BCUT2D eigenvalue weighted by atomic mass is 35.5. The molecule has 3 rings (SSSR count). The number of nitrogens with one attached hydrogen (secondary N) is 2. The summed E-state index contributed by atoms with van der Waals surface area (Å²) in [6.07, 6.45) is 0. The van der Waals surface area contributed by atoms with E-state index in [2.05, 4.69) is 15.6 Å². The number of carbonyl (C=O) groups excluding carboxylic acids is 2. The van der Waals surface area contributed by atoms with Crippen molar-refractivity contribution in [2.75, 3.05) is 11.9 Å². The fraction of sp³-hybridized carbons (Fsp3) is 0.190. The zero-order chi connectivity index (χ0) is 19.6. The van der Waals surface area contributed by atoms with Gasteiger partial charge in [-0.25, -0.2) is 4.98 Å². The molecule has 1 heterocycles. The number of benzene rings is 2. The molecule has 0 spiro atoms. The standard InChI is InChI=1S/C21H20ClN3O2/c1-12-8-13(2)20(14(3)9-12)25-19(26)11-23-21(27)16-10-18(22)24-17-7-5-4-6-15(16)17/h4-10H,11H2,1-3H3,(H,23,27)(H,25,26). The third-order valence-corrected chi connectivity index (χ3v) is 4.47. The molecule has 0 atom stereocenters. The molecule has 0 saturated heterocycles. The van der Waals surface area contributed by atoms with Crippen LogP contribution in [-0.4, -0.2) is 23.3 Å². The number of hydrogen-bond acceptors (Lipinski definition) is 3. The van der Waals surface area contributed by atoms with Crippen molar-refractivity contribution < 1.29 is 9.59 Å². The van der Waals surface area contributed by atoms with Gasteiger partial charge in [0.05, 0.1) is 17.6 Å². The first-order valence-corrected chi connectivity index (χ1v) is 8.94. The monoisotopic (exact) mass is 381 g/mol. The number of pyridine rings is 1. The number of carbonyl (C=O) groups is 2. The molecule has 2 aromatic carbocycles. The van der Waals surface area contributed by atoms with E-state index in [-0.39, 0.29) is 23.5 Å². The lowest BCUT2D eigenvalue weighted by Crippen LogP contribution is -2.33. The summed E-state index contributed by atoms with van der Waals surface area (Å²) >= 11 is 6.02. The summed E-state index contributed by atoms with van der Waals surface area (Å²) in [5.41, 5.74) is 4.90. The second kappa shape index (κ2) is 7.76. The van der Waals surface area contributed by atoms with Gasteiger partial charge in [-0.2, -0.15) is 0 Å². The molecule has 0 saturated carbocycles. The van der Waals surface area contributed by atoms with Crippen molar-refractivity contribution in [2.45, 2.75) is 20.8 Å². The first-order chi connectivity index (χ1) is 12.8. The third kappa shape index (κ3) is 4.26. The van der Waals surface area contributed by atoms with Crippen molar-refractivity contribution in [3.8, 4) is 0 Å². The van der Waals surface area contributed by atoms with Gasteiger partial charge in [0.15, 0.2) is 0 Å². The Hall–Kier alpha value is -2.92. The Bertz CT molecular complexity index is 1020. The number of aromatic nitrogens is 1. The number of rotatable bonds is 4. The molecule has 0 bridgehead atoms. The quantitative estimate of drug-likeness (QED) is 0.666. The van der Waals surface area contributed by atoms with Crippen LogP contribution in [0.25, 0.3) is 10.9 Å². The van der Waals surface area contributed by atoms with Gasteiger partial charge in [-0.05, 0) is 44.0 Å². The van der Waals surface area contributed by atoms with Crippen LogP contribution >= 0.6 is 11.6 Å². The Kier molecular flexibility index (Phi) is 5.42. The summed E-state index contributed by atoms with van der Waals surface area (Å²) in [6, 6.07) is 12.8. The molecule has 3 aromatic rings. The van der Waals surface area contributed by atoms with Crippen LogP contribution in [0.5, 0.6) is 0 Å². The predicted molar refractivity (Wildman–Crippen MR) is 108 cm³/mol. The van der Waals surface area contributed by atoms with Gasteiger partial charge in [-0.1, -0.05) is 47.5 Å². The molecule has 0 aliphatic rings. The molecule has 0 radical (unpaired) electrons. The fourth-order valence-electron chi connectivity index (χ4n) is 3.15. The average Bonchev–Trinajstić information content (AvgIpc) is 2.62. The molecule has 2 amide bonds. The van der Waals surface area contributed by atoms with Crippen LogP contribution in [0.15, 0.2) is 42.5 Å². The Morgan fingerprint density at radius 2 is 1.70 bits per heavy atom. The van der Waals surface area contributed by atoms with E-state index in [4.69, 9.17) is 11.6 Å². The van der Waals surface area contributed by atoms with Crippen LogP contribution in [0, 0.1) is 20.8 Å². The maximum atomic E-state index is 12.6. The number of aryl methyl sites for hydroxylation is 3. The van der Waals surface area contributed by atoms with Gasteiger partial charge in [-0.3, -0.25) is 9.59 Å². The third-order valence-electron chi connectivity index (χ3n) is 4.28. The van der Waals surface area contributed by atoms with Crippen LogP contribution in [0.2, 0.25) is 5.15 Å². The molecule has 2 N–H and O–H groups in total. The van der Waals surface area contributed by atoms with Crippen LogP contribution in [0.4, 0.5) is 5.69 Å². The Morgan fingerprint density at radius 1 is 1.04 bits per heavy atom. The summed E-state index contributed by atoms with van der Waals surface area (Å²) in [6.45, 7) is 5.76. The van der Waals surface area contributed by atoms with E-state index in [0.717, 1.165) is 22.4 Å². The van der Waals surface area contributed by atoms with Gasteiger partial charge in [0.25, 0.3) is 5.91 Å². The summed E-state index contributed by atoms with van der Waals surface area (Å²) in [7, 11) is 0. The maximum absolute atomic E-state index is 12.6. The van der Waals surface area contributed by atoms with Gasteiger partial charge in [0, 0.05) is 11.1 Å². The molecule has 0 unspecified atom stereocenters. The Morgan fingerprint density at radius 3 is 2.41 bits per heavy atom. The number of fused-ring (bicyclic) bond motifs is 1. The number of para-hydroxylation sites is 1.